The molecule has 8 rings (SSSR count). The number of aliphatic hydroxyl groups is 7. The fraction of sp³-hybridized carbons (Fsp3) is 1.00. The molecule has 1 spiro atoms. The van der Waals surface area contributed by atoms with E-state index in [9.17, 15) is 35.7 Å². The lowest BCUT2D eigenvalue weighted by Crippen LogP contribution is -2.62. The molecule has 4 saturated carbocycles. The molecular weight excluding hydrogens is 664 g/mol. The second-order valence-electron chi connectivity index (χ2n) is 18.5. The van der Waals surface area contributed by atoms with Gasteiger partial charge < -0.3 is 64.2 Å². The molecule has 4 saturated heterocycles. The van der Waals surface area contributed by atoms with E-state index in [0.717, 1.165) is 51.6 Å². The average molecular weight is 727 g/mol. The fourth-order valence-electron chi connectivity index (χ4n) is 12.9. The Morgan fingerprint density at radius 3 is 2.24 bits per heavy atom. The molecule has 0 aromatic carbocycles. The predicted octanol–water partition coefficient (Wildman–Crippen LogP) is 1.05. The first kappa shape index (κ1) is 37.4. The summed E-state index contributed by atoms with van der Waals surface area (Å²) in [6.07, 6.45) is -5.09. The van der Waals surface area contributed by atoms with Gasteiger partial charge in [-0.3, -0.25) is 0 Å². The first-order chi connectivity index (χ1) is 24.2. The summed E-state index contributed by atoms with van der Waals surface area (Å²) in [4.78, 5) is 0. The van der Waals surface area contributed by atoms with E-state index in [-0.39, 0.29) is 30.1 Å². The number of hydrogen-bond acceptors (Lipinski definition) is 13. The summed E-state index contributed by atoms with van der Waals surface area (Å²) < 4.78 is 36.5. The van der Waals surface area contributed by atoms with Crippen LogP contribution in [0.1, 0.15) is 85.5 Å². The molecule has 4 heterocycles. The predicted molar refractivity (Wildman–Crippen MR) is 178 cm³/mol. The Morgan fingerprint density at radius 2 is 1.49 bits per heavy atom. The first-order valence-electron chi connectivity index (χ1n) is 19.8. The van der Waals surface area contributed by atoms with Crippen LogP contribution < -0.4 is 0 Å². The highest BCUT2D eigenvalue weighted by atomic mass is 16.7. The van der Waals surface area contributed by atoms with Gasteiger partial charge in [-0.2, -0.15) is 0 Å². The van der Waals surface area contributed by atoms with Crippen molar-refractivity contribution in [1.29, 1.82) is 0 Å². The molecule has 13 nitrogen and oxygen atoms in total. The van der Waals surface area contributed by atoms with Crippen LogP contribution in [0.2, 0.25) is 0 Å². The number of hydrogen-bond donors (Lipinski definition) is 7. The van der Waals surface area contributed by atoms with Gasteiger partial charge in [0.1, 0.15) is 42.7 Å². The van der Waals surface area contributed by atoms with Crippen molar-refractivity contribution < 1.29 is 64.2 Å². The zero-order valence-electron chi connectivity index (χ0n) is 30.5. The Hall–Kier alpha value is -0.520. The fourth-order valence-corrected chi connectivity index (χ4v) is 12.9. The molecule has 0 amide bonds. The van der Waals surface area contributed by atoms with Crippen LogP contribution in [0.4, 0.5) is 0 Å². The maximum Gasteiger partial charge on any atom is 0.187 e. The van der Waals surface area contributed by atoms with Crippen LogP contribution in [0.5, 0.6) is 0 Å². The maximum atomic E-state index is 11.7. The molecule has 22 atom stereocenters. The van der Waals surface area contributed by atoms with Crippen molar-refractivity contribution in [3.05, 3.63) is 0 Å². The molecule has 13 heteroatoms. The van der Waals surface area contributed by atoms with E-state index in [4.69, 9.17) is 28.4 Å². The van der Waals surface area contributed by atoms with Crippen LogP contribution in [0.25, 0.3) is 0 Å². The molecule has 8 aliphatic rings. The quantitative estimate of drug-likeness (QED) is 0.199. The van der Waals surface area contributed by atoms with Gasteiger partial charge in [0.15, 0.2) is 18.4 Å². The van der Waals surface area contributed by atoms with Crippen LogP contribution in [0.15, 0.2) is 0 Å². The molecule has 4 aliphatic carbocycles. The van der Waals surface area contributed by atoms with Crippen molar-refractivity contribution in [2.75, 3.05) is 19.8 Å². The summed E-state index contributed by atoms with van der Waals surface area (Å²) in [6, 6.07) is 0. The smallest absolute Gasteiger partial charge is 0.187 e. The van der Waals surface area contributed by atoms with E-state index in [0.29, 0.717) is 54.3 Å². The zero-order valence-corrected chi connectivity index (χ0v) is 30.5. The Morgan fingerprint density at radius 1 is 0.725 bits per heavy atom. The number of aliphatic hydroxyl groups excluding tert-OH is 7. The van der Waals surface area contributed by atoms with Gasteiger partial charge in [0, 0.05) is 12.3 Å². The van der Waals surface area contributed by atoms with Gasteiger partial charge in [0.2, 0.25) is 0 Å². The van der Waals surface area contributed by atoms with Gasteiger partial charge in [-0.1, -0.05) is 27.7 Å². The summed E-state index contributed by atoms with van der Waals surface area (Å²) in [5, 5.41) is 73.8. The monoisotopic (exact) mass is 726 g/mol. The summed E-state index contributed by atoms with van der Waals surface area (Å²) >= 11 is 0. The molecule has 0 bridgehead atoms. The van der Waals surface area contributed by atoms with Crippen LogP contribution in [0.3, 0.4) is 0 Å². The van der Waals surface area contributed by atoms with Crippen molar-refractivity contribution in [1.82, 2.24) is 0 Å². The van der Waals surface area contributed by atoms with Crippen molar-refractivity contribution in [2.24, 2.45) is 52.3 Å². The highest BCUT2D eigenvalue weighted by molar-refractivity contribution is 5.16. The molecule has 292 valence electrons. The highest BCUT2D eigenvalue weighted by Gasteiger charge is 2.69. The largest absolute Gasteiger partial charge is 0.390 e. The van der Waals surface area contributed by atoms with Crippen LogP contribution in [-0.2, 0) is 28.4 Å². The van der Waals surface area contributed by atoms with Crippen LogP contribution >= 0.6 is 0 Å². The third-order valence-electron chi connectivity index (χ3n) is 15.8. The van der Waals surface area contributed by atoms with Crippen molar-refractivity contribution in [3.63, 3.8) is 0 Å². The van der Waals surface area contributed by atoms with Crippen molar-refractivity contribution in [3.8, 4) is 0 Å². The van der Waals surface area contributed by atoms with Crippen LogP contribution in [-0.4, -0.2) is 135 Å². The van der Waals surface area contributed by atoms with E-state index in [1.165, 1.54) is 0 Å². The molecule has 7 N–H and O–H groups in total. The van der Waals surface area contributed by atoms with E-state index < -0.39 is 73.3 Å². The van der Waals surface area contributed by atoms with Gasteiger partial charge >= 0.3 is 0 Å². The SMILES string of the molecule is CC1CC[C@@]2(OC1)O[C@H]1C[C@H]3[C@@H]4CC[C@H]5C[C@@H](O[C@@H]6O[C@H](CO[C@@H]7OC[C@@H](O)[C@H](O)[C@H]7O)[C@@H](O)[C@H](O)[C@H]6O)[C@H](O)C[C@]5(C)[C@H]4CC[C@]3(C)[C@H]1[C@@H]2C. The van der Waals surface area contributed by atoms with Crippen LogP contribution in [0, 0.1) is 52.3 Å². The van der Waals surface area contributed by atoms with Crippen molar-refractivity contribution in [2.45, 2.75) is 165 Å². The second-order valence-corrected chi connectivity index (χ2v) is 18.5. The number of fused-ring (bicyclic) bond motifs is 7. The lowest BCUT2D eigenvalue weighted by molar-refractivity contribution is -0.336. The van der Waals surface area contributed by atoms with E-state index in [2.05, 4.69) is 27.7 Å². The molecule has 4 aliphatic heterocycles. The normalized spacial score (nSPS) is 59.9. The minimum atomic E-state index is -1.61. The summed E-state index contributed by atoms with van der Waals surface area (Å²) in [5.41, 5.74) is 0.153. The first-order valence-corrected chi connectivity index (χ1v) is 19.8. The van der Waals surface area contributed by atoms with Crippen molar-refractivity contribution >= 4 is 0 Å². The topological polar surface area (TPSA) is 197 Å². The molecule has 0 aromatic heterocycles. The van der Waals surface area contributed by atoms with Gasteiger partial charge in [-0.15, -0.1) is 0 Å². The Labute approximate surface area is 300 Å². The molecule has 1 unspecified atom stereocenters. The van der Waals surface area contributed by atoms with E-state index in [1.807, 2.05) is 0 Å². The standard InChI is InChI=1S/C38H62O13/c1-17-7-10-38(48-14-17)18(2)28-26(51-38)12-22-20-6-5-19-11-25(23(39)13-37(19,4)21(20)8-9-36(22,28)3)49-35-33(45)31(43)30(42)27(50-35)16-47-34-32(44)29(41)24(40)15-46-34/h17-35,39-45H,5-16H2,1-4H3/t17?,18-,19-,20+,21-,22-,23+,24+,25+,26-,27+,28-,29-,30+,31-,32+,33+,34-,35+,36-,37-,38+/m0/s1. The Bertz CT molecular complexity index is 1250. The third kappa shape index (κ3) is 5.99. The Kier molecular flexibility index (Phi) is 9.97. The zero-order chi connectivity index (χ0) is 36.2. The number of ether oxygens (including phenoxy) is 6. The molecule has 0 aromatic rings. The van der Waals surface area contributed by atoms with Gasteiger partial charge in [0.25, 0.3) is 0 Å². The van der Waals surface area contributed by atoms with E-state index in [1.54, 1.807) is 0 Å². The highest BCUT2D eigenvalue weighted by Crippen LogP contribution is 2.71. The molecular formula is C38H62O13. The molecule has 0 radical (unpaired) electrons. The summed E-state index contributed by atoms with van der Waals surface area (Å²) in [5.74, 6) is 3.01. The van der Waals surface area contributed by atoms with E-state index >= 15 is 0 Å². The number of rotatable bonds is 5. The lowest BCUT2D eigenvalue weighted by Gasteiger charge is -2.62. The summed E-state index contributed by atoms with van der Waals surface area (Å²) in [7, 11) is 0. The molecule has 8 fully saturated rings. The lowest BCUT2D eigenvalue weighted by atomic mass is 9.44. The summed E-state index contributed by atoms with van der Waals surface area (Å²) in [6.45, 7) is 9.72. The average Bonchev–Trinajstić information content (AvgIpc) is 3.54. The molecule has 51 heavy (non-hydrogen) atoms. The minimum absolute atomic E-state index is 0.0609. The third-order valence-corrected chi connectivity index (χ3v) is 15.8. The maximum absolute atomic E-state index is 11.7. The van der Waals surface area contributed by atoms with Gasteiger partial charge in [-0.05, 0) is 97.7 Å². The second kappa shape index (κ2) is 13.6. The van der Waals surface area contributed by atoms with Gasteiger partial charge in [0.05, 0.1) is 38.1 Å². The van der Waals surface area contributed by atoms with Gasteiger partial charge in [-0.25, -0.2) is 0 Å². The minimum Gasteiger partial charge on any atom is -0.390 e. The Balaban J connectivity index is 0.909.